The van der Waals surface area contributed by atoms with Gasteiger partial charge in [0, 0.05) is 18.6 Å². The number of carbonyl (C=O) groups is 1. The largest absolute Gasteiger partial charge is 0.338 e. The van der Waals surface area contributed by atoms with Crippen molar-refractivity contribution in [1.82, 2.24) is 10.2 Å². The molecule has 1 aliphatic carbocycles. The van der Waals surface area contributed by atoms with E-state index in [1.807, 2.05) is 0 Å². The lowest BCUT2D eigenvalue weighted by Crippen LogP contribution is -2.55. The van der Waals surface area contributed by atoms with Gasteiger partial charge < -0.3 is 10.2 Å². The van der Waals surface area contributed by atoms with Crippen molar-refractivity contribution in [3.8, 4) is 0 Å². The van der Waals surface area contributed by atoms with Crippen LogP contribution in [-0.4, -0.2) is 35.5 Å². The molecule has 0 aromatic rings. The highest BCUT2D eigenvalue weighted by molar-refractivity contribution is 5.83. The fraction of sp³-hybridized carbons (Fsp3) is 0.938. The zero-order valence-corrected chi connectivity index (χ0v) is 12.7. The number of rotatable bonds is 3. The molecule has 1 atom stereocenters. The quantitative estimate of drug-likeness (QED) is 0.851. The molecule has 1 heterocycles. The molecule has 2 aliphatic rings. The summed E-state index contributed by atoms with van der Waals surface area (Å²) in [5.41, 5.74) is 0. The molecule has 1 saturated heterocycles. The summed E-state index contributed by atoms with van der Waals surface area (Å²) in [7, 11) is 0. The molecule has 19 heavy (non-hydrogen) atoms. The van der Waals surface area contributed by atoms with Gasteiger partial charge in [0.1, 0.15) is 0 Å². The van der Waals surface area contributed by atoms with Crippen LogP contribution in [0.4, 0.5) is 0 Å². The Morgan fingerprint density at radius 3 is 2.26 bits per heavy atom. The molecule has 3 heteroatoms. The topological polar surface area (TPSA) is 32.3 Å². The smallest absolute Gasteiger partial charge is 0.239 e. The molecule has 0 bridgehead atoms. The lowest BCUT2D eigenvalue weighted by molar-refractivity contribution is -0.139. The lowest BCUT2D eigenvalue weighted by atomic mass is 9.93. The predicted molar refractivity (Wildman–Crippen MR) is 79.1 cm³/mol. The Kier molecular flexibility index (Phi) is 5.68. The van der Waals surface area contributed by atoms with Gasteiger partial charge in [-0.05, 0) is 25.7 Å². The van der Waals surface area contributed by atoms with Crippen LogP contribution < -0.4 is 5.32 Å². The standard InChI is InChI=1S/C16H30N2O/c1-13(2)17-15-11-8-12-18(16(15)19)14-9-6-4-3-5-7-10-14/h13-15,17H,3-12H2,1-2H3. The number of hydrogen-bond acceptors (Lipinski definition) is 2. The minimum Gasteiger partial charge on any atom is -0.338 e. The van der Waals surface area contributed by atoms with Gasteiger partial charge in [-0.2, -0.15) is 0 Å². The van der Waals surface area contributed by atoms with Crippen LogP contribution in [-0.2, 0) is 4.79 Å². The summed E-state index contributed by atoms with van der Waals surface area (Å²) in [6.07, 6.45) is 11.3. The van der Waals surface area contributed by atoms with Crippen molar-refractivity contribution in [1.29, 1.82) is 0 Å². The average Bonchev–Trinajstić information content (AvgIpc) is 2.32. The molecule has 0 aromatic carbocycles. The van der Waals surface area contributed by atoms with Crippen molar-refractivity contribution in [2.45, 2.75) is 89.8 Å². The third kappa shape index (κ3) is 4.20. The average molecular weight is 266 g/mol. The lowest BCUT2D eigenvalue weighted by Gasteiger charge is -2.39. The summed E-state index contributed by atoms with van der Waals surface area (Å²) in [4.78, 5) is 14.8. The Bertz CT molecular complexity index is 282. The fourth-order valence-electron chi connectivity index (χ4n) is 3.57. The second-order valence-electron chi connectivity index (χ2n) is 6.55. The van der Waals surface area contributed by atoms with Crippen LogP contribution in [0.3, 0.4) is 0 Å². The number of carbonyl (C=O) groups excluding carboxylic acids is 1. The van der Waals surface area contributed by atoms with Crippen molar-refractivity contribution in [3.05, 3.63) is 0 Å². The number of likely N-dealkylation sites (tertiary alicyclic amines) is 1. The van der Waals surface area contributed by atoms with Crippen LogP contribution in [0.15, 0.2) is 0 Å². The highest BCUT2D eigenvalue weighted by Crippen LogP contribution is 2.25. The second-order valence-corrected chi connectivity index (χ2v) is 6.55. The van der Waals surface area contributed by atoms with E-state index >= 15 is 0 Å². The second kappa shape index (κ2) is 7.28. The van der Waals surface area contributed by atoms with Crippen LogP contribution in [0, 0.1) is 0 Å². The van der Waals surface area contributed by atoms with Crippen LogP contribution in [0.2, 0.25) is 0 Å². The molecule has 1 N–H and O–H groups in total. The third-order valence-corrected chi connectivity index (χ3v) is 4.52. The van der Waals surface area contributed by atoms with Gasteiger partial charge >= 0.3 is 0 Å². The maximum absolute atomic E-state index is 12.6. The van der Waals surface area contributed by atoms with Crippen molar-refractivity contribution in [2.75, 3.05) is 6.54 Å². The van der Waals surface area contributed by atoms with Gasteiger partial charge in [-0.3, -0.25) is 4.79 Å². The minimum absolute atomic E-state index is 0.0687. The van der Waals surface area contributed by atoms with E-state index in [1.165, 1.54) is 44.9 Å². The van der Waals surface area contributed by atoms with Gasteiger partial charge in [0.05, 0.1) is 6.04 Å². The normalized spacial score (nSPS) is 27.4. The Morgan fingerprint density at radius 2 is 1.63 bits per heavy atom. The number of nitrogens with one attached hydrogen (secondary N) is 1. The highest BCUT2D eigenvalue weighted by atomic mass is 16.2. The number of nitrogens with zero attached hydrogens (tertiary/aromatic N) is 1. The summed E-state index contributed by atoms with van der Waals surface area (Å²) in [6, 6.07) is 0.981. The zero-order valence-electron chi connectivity index (χ0n) is 12.7. The van der Waals surface area contributed by atoms with E-state index in [0.717, 1.165) is 19.4 Å². The third-order valence-electron chi connectivity index (χ3n) is 4.52. The van der Waals surface area contributed by atoms with Gasteiger partial charge in [0.15, 0.2) is 0 Å². The molecule has 1 saturated carbocycles. The van der Waals surface area contributed by atoms with Crippen molar-refractivity contribution >= 4 is 5.91 Å². The molecule has 3 nitrogen and oxygen atoms in total. The van der Waals surface area contributed by atoms with E-state index in [0.29, 0.717) is 18.0 Å². The van der Waals surface area contributed by atoms with E-state index in [9.17, 15) is 4.79 Å². The first kappa shape index (κ1) is 14.8. The predicted octanol–water partition coefficient (Wildman–Crippen LogP) is 3.09. The van der Waals surface area contributed by atoms with Gasteiger partial charge in [0.2, 0.25) is 5.91 Å². The first-order valence-electron chi connectivity index (χ1n) is 8.25. The Balaban J connectivity index is 1.95. The van der Waals surface area contributed by atoms with Gasteiger partial charge in [-0.25, -0.2) is 0 Å². The molecule has 1 unspecified atom stereocenters. The molecule has 0 radical (unpaired) electrons. The highest BCUT2D eigenvalue weighted by Gasteiger charge is 2.32. The van der Waals surface area contributed by atoms with Crippen molar-refractivity contribution in [3.63, 3.8) is 0 Å². The summed E-state index contributed by atoms with van der Waals surface area (Å²) < 4.78 is 0. The van der Waals surface area contributed by atoms with E-state index in [1.54, 1.807) is 0 Å². The maximum atomic E-state index is 12.6. The molecular weight excluding hydrogens is 236 g/mol. The molecular formula is C16H30N2O. The summed E-state index contributed by atoms with van der Waals surface area (Å²) >= 11 is 0. The monoisotopic (exact) mass is 266 g/mol. The minimum atomic E-state index is 0.0687. The molecule has 1 amide bonds. The molecule has 1 aliphatic heterocycles. The van der Waals surface area contributed by atoms with E-state index < -0.39 is 0 Å². The molecule has 2 rings (SSSR count). The van der Waals surface area contributed by atoms with Crippen LogP contribution >= 0.6 is 0 Å². The molecule has 0 aromatic heterocycles. The Morgan fingerprint density at radius 1 is 1.00 bits per heavy atom. The maximum Gasteiger partial charge on any atom is 0.239 e. The van der Waals surface area contributed by atoms with Crippen molar-refractivity contribution in [2.24, 2.45) is 0 Å². The number of amides is 1. The van der Waals surface area contributed by atoms with Gasteiger partial charge in [-0.1, -0.05) is 46.0 Å². The summed E-state index contributed by atoms with van der Waals surface area (Å²) in [5.74, 6) is 0.366. The molecule has 2 fully saturated rings. The SMILES string of the molecule is CC(C)NC1CCCN(C2CCCCCCC2)C1=O. The summed E-state index contributed by atoms with van der Waals surface area (Å²) in [6.45, 7) is 5.24. The van der Waals surface area contributed by atoms with Crippen LogP contribution in [0.25, 0.3) is 0 Å². The van der Waals surface area contributed by atoms with E-state index in [-0.39, 0.29) is 6.04 Å². The van der Waals surface area contributed by atoms with E-state index in [2.05, 4.69) is 24.1 Å². The molecule has 0 spiro atoms. The van der Waals surface area contributed by atoms with Crippen molar-refractivity contribution < 1.29 is 4.79 Å². The van der Waals surface area contributed by atoms with Gasteiger partial charge in [0.25, 0.3) is 0 Å². The van der Waals surface area contributed by atoms with E-state index in [4.69, 9.17) is 0 Å². The zero-order chi connectivity index (χ0) is 13.7. The molecule has 110 valence electrons. The number of piperidine rings is 1. The Hall–Kier alpha value is -0.570. The first-order valence-corrected chi connectivity index (χ1v) is 8.25. The Labute approximate surface area is 118 Å². The number of hydrogen-bond donors (Lipinski definition) is 1. The fourth-order valence-corrected chi connectivity index (χ4v) is 3.57. The first-order chi connectivity index (χ1) is 9.18. The van der Waals surface area contributed by atoms with Crippen LogP contribution in [0.5, 0.6) is 0 Å². The van der Waals surface area contributed by atoms with Crippen LogP contribution in [0.1, 0.15) is 71.6 Å². The summed E-state index contributed by atoms with van der Waals surface area (Å²) in [5, 5.41) is 3.44. The van der Waals surface area contributed by atoms with Gasteiger partial charge in [-0.15, -0.1) is 0 Å².